The lowest BCUT2D eigenvalue weighted by atomic mass is 10.3. The molecule has 24 heavy (non-hydrogen) atoms. The number of thioether (sulfide) groups is 1. The minimum Gasteiger partial charge on any atom is -0.454 e. The molecule has 0 aliphatic rings. The number of benzene rings is 2. The van der Waals surface area contributed by atoms with Crippen molar-refractivity contribution >= 4 is 61.6 Å². The second-order valence-corrected chi connectivity index (χ2v) is 7.48. The number of nitrogens with zero attached hydrogens (tertiary/aromatic N) is 1. The summed E-state index contributed by atoms with van der Waals surface area (Å²) < 4.78 is 43.2. The first kappa shape index (κ1) is 17.5. The number of nitrogen functional groups attached to an aromatic ring is 1. The Morgan fingerprint density at radius 2 is 1.83 bits per heavy atom. The zero-order chi connectivity index (χ0) is 17.5. The Morgan fingerprint density at radius 1 is 1.17 bits per heavy atom. The Balaban J connectivity index is 1.89. The normalized spacial score (nSPS) is 11.9. The first-order chi connectivity index (χ1) is 11.2. The first-order valence-electron chi connectivity index (χ1n) is 6.30. The highest BCUT2D eigenvalue weighted by atomic mass is 35.5. The number of halogens is 5. The van der Waals surface area contributed by atoms with Crippen LogP contribution in [0.15, 0.2) is 35.2 Å². The van der Waals surface area contributed by atoms with Gasteiger partial charge in [0, 0.05) is 4.90 Å². The number of alkyl halides is 3. The highest BCUT2D eigenvalue weighted by Crippen LogP contribution is 2.44. The summed E-state index contributed by atoms with van der Waals surface area (Å²) in [5.41, 5.74) is 1.86. The smallest absolute Gasteiger partial charge is 0.446 e. The second-order valence-electron chi connectivity index (χ2n) is 4.52. The van der Waals surface area contributed by atoms with Crippen LogP contribution in [0.4, 0.5) is 18.3 Å². The number of thiazole rings is 1. The number of hydrogen-bond donors (Lipinski definition) is 1. The van der Waals surface area contributed by atoms with E-state index in [1.165, 1.54) is 35.6 Å². The van der Waals surface area contributed by atoms with Gasteiger partial charge < -0.3 is 10.5 Å². The fraction of sp³-hybridized carbons (Fsp3) is 0.0714. The predicted molar refractivity (Wildman–Crippen MR) is 92.5 cm³/mol. The van der Waals surface area contributed by atoms with Gasteiger partial charge in [-0.1, -0.05) is 34.5 Å². The molecule has 0 spiro atoms. The van der Waals surface area contributed by atoms with E-state index in [1.54, 1.807) is 6.07 Å². The van der Waals surface area contributed by atoms with Gasteiger partial charge in [-0.25, -0.2) is 4.98 Å². The molecule has 0 unspecified atom stereocenters. The summed E-state index contributed by atoms with van der Waals surface area (Å²) in [6.45, 7) is 0. The molecule has 1 aromatic heterocycles. The van der Waals surface area contributed by atoms with E-state index >= 15 is 0 Å². The molecule has 0 bridgehead atoms. The van der Waals surface area contributed by atoms with Crippen LogP contribution in [0.1, 0.15) is 0 Å². The quantitative estimate of drug-likeness (QED) is 0.494. The van der Waals surface area contributed by atoms with Gasteiger partial charge in [0.05, 0.1) is 15.2 Å². The van der Waals surface area contributed by atoms with E-state index in [4.69, 9.17) is 33.7 Å². The standard InChI is InChI=1S/C14H7Cl2F3N2OS2/c15-8-5-9-12(23-13(20)21-9)10(16)11(8)22-6-1-3-7(4-2-6)24-14(17,18)19/h1-5H,(H2,20,21). The molecule has 126 valence electrons. The molecule has 0 radical (unpaired) electrons. The van der Waals surface area contributed by atoms with Crippen molar-refractivity contribution in [1.29, 1.82) is 0 Å². The fourth-order valence-electron chi connectivity index (χ4n) is 1.92. The molecule has 3 nitrogen and oxygen atoms in total. The zero-order valence-electron chi connectivity index (χ0n) is 11.5. The van der Waals surface area contributed by atoms with Gasteiger partial charge in [-0.05, 0) is 42.1 Å². The van der Waals surface area contributed by atoms with Gasteiger partial charge in [-0.2, -0.15) is 13.2 Å². The number of anilines is 1. The number of ether oxygens (including phenoxy) is 1. The van der Waals surface area contributed by atoms with E-state index in [-0.39, 0.29) is 32.5 Å². The molecule has 0 atom stereocenters. The molecule has 0 saturated heterocycles. The average Bonchev–Trinajstić information content (AvgIpc) is 2.84. The summed E-state index contributed by atoms with van der Waals surface area (Å²) in [7, 11) is 0. The highest BCUT2D eigenvalue weighted by molar-refractivity contribution is 8.00. The summed E-state index contributed by atoms with van der Waals surface area (Å²) in [4.78, 5) is 4.14. The molecule has 3 aromatic rings. The lowest BCUT2D eigenvalue weighted by Gasteiger charge is -2.11. The Morgan fingerprint density at radius 3 is 2.46 bits per heavy atom. The van der Waals surface area contributed by atoms with E-state index in [0.29, 0.717) is 21.1 Å². The lowest BCUT2D eigenvalue weighted by Crippen LogP contribution is -1.98. The molecule has 0 amide bonds. The minimum atomic E-state index is -4.34. The number of nitrogens with two attached hydrogens (primary N) is 1. The molecule has 3 rings (SSSR count). The van der Waals surface area contributed by atoms with Gasteiger partial charge >= 0.3 is 5.51 Å². The van der Waals surface area contributed by atoms with Crippen LogP contribution in [0, 0.1) is 0 Å². The van der Waals surface area contributed by atoms with Gasteiger partial charge in [0.1, 0.15) is 10.8 Å². The minimum absolute atomic E-state index is 0.0535. The van der Waals surface area contributed by atoms with E-state index in [2.05, 4.69) is 4.98 Å². The molecular weight excluding hydrogens is 404 g/mol. The molecule has 0 aliphatic carbocycles. The van der Waals surface area contributed by atoms with Crippen LogP contribution in [0.5, 0.6) is 11.5 Å². The topological polar surface area (TPSA) is 48.1 Å². The van der Waals surface area contributed by atoms with Crippen molar-refractivity contribution in [3.05, 3.63) is 40.4 Å². The van der Waals surface area contributed by atoms with Crippen molar-refractivity contribution in [2.24, 2.45) is 0 Å². The van der Waals surface area contributed by atoms with Gasteiger partial charge in [0.2, 0.25) is 0 Å². The van der Waals surface area contributed by atoms with Crippen LogP contribution in [-0.2, 0) is 0 Å². The van der Waals surface area contributed by atoms with Crippen LogP contribution < -0.4 is 10.5 Å². The van der Waals surface area contributed by atoms with Crippen LogP contribution >= 0.6 is 46.3 Å². The van der Waals surface area contributed by atoms with E-state index in [0.717, 1.165) is 0 Å². The summed E-state index contributed by atoms with van der Waals surface area (Å²) in [6.07, 6.45) is 0. The van der Waals surface area contributed by atoms with Crippen molar-refractivity contribution in [3.63, 3.8) is 0 Å². The molecule has 2 N–H and O–H groups in total. The highest BCUT2D eigenvalue weighted by Gasteiger charge is 2.29. The van der Waals surface area contributed by atoms with Gasteiger partial charge in [-0.15, -0.1) is 0 Å². The van der Waals surface area contributed by atoms with Gasteiger partial charge in [-0.3, -0.25) is 0 Å². The van der Waals surface area contributed by atoms with Crippen LogP contribution in [-0.4, -0.2) is 10.5 Å². The molecule has 1 heterocycles. The summed E-state index contributed by atoms with van der Waals surface area (Å²) in [5, 5.41) is 0.820. The third-order valence-electron chi connectivity index (χ3n) is 2.83. The Labute approximate surface area is 152 Å². The van der Waals surface area contributed by atoms with Crippen LogP contribution in [0.25, 0.3) is 10.2 Å². The summed E-state index contributed by atoms with van der Waals surface area (Å²) in [5.74, 6) is 0.507. The van der Waals surface area contributed by atoms with E-state index < -0.39 is 5.51 Å². The van der Waals surface area contributed by atoms with Gasteiger partial charge in [0.15, 0.2) is 10.9 Å². The van der Waals surface area contributed by atoms with Crippen molar-refractivity contribution in [1.82, 2.24) is 4.98 Å². The van der Waals surface area contributed by atoms with Crippen LogP contribution in [0.2, 0.25) is 10.0 Å². The molecular formula is C14H7Cl2F3N2OS2. The number of rotatable bonds is 3. The van der Waals surface area contributed by atoms with E-state index in [1.807, 2.05) is 0 Å². The molecule has 0 saturated carbocycles. The average molecular weight is 411 g/mol. The Hall–Kier alpha value is -1.35. The van der Waals surface area contributed by atoms with E-state index in [9.17, 15) is 13.2 Å². The monoisotopic (exact) mass is 410 g/mol. The Kier molecular flexibility index (Phi) is 4.74. The van der Waals surface area contributed by atoms with Crippen molar-refractivity contribution in [2.75, 3.05) is 5.73 Å². The summed E-state index contributed by atoms with van der Waals surface area (Å²) in [6, 6.07) is 6.99. The molecule has 10 heteroatoms. The maximum atomic E-state index is 12.3. The molecule has 0 fully saturated rings. The second kappa shape index (κ2) is 6.51. The van der Waals surface area contributed by atoms with Gasteiger partial charge in [0.25, 0.3) is 0 Å². The lowest BCUT2D eigenvalue weighted by molar-refractivity contribution is -0.0328. The molecule has 2 aromatic carbocycles. The first-order valence-corrected chi connectivity index (χ1v) is 8.69. The van der Waals surface area contributed by atoms with Crippen LogP contribution in [0.3, 0.4) is 0 Å². The van der Waals surface area contributed by atoms with Crippen molar-refractivity contribution < 1.29 is 17.9 Å². The largest absolute Gasteiger partial charge is 0.454 e. The fourth-order valence-corrected chi connectivity index (χ4v) is 3.84. The van der Waals surface area contributed by atoms with Crippen molar-refractivity contribution in [2.45, 2.75) is 10.4 Å². The third kappa shape index (κ3) is 3.83. The molecule has 0 aliphatic heterocycles. The maximum absolute atomic E-state index is 12.3. The SMILES string of the molecule is Nc1nc2cc(Cl)c(Oc3ccc(SC(F)(F)F)cc3)c(Cl)c2s1. The van der Waals surface area contributed by atoms with Crippen molar-refractivity contribution in [3.8, 4) is 11.5 Å². The zero-order valence-corrected chi connectivity index (χ0v) is 14.7. The number of fused-ring (bicyclic) bond motifs is 1. The third-order valence-corrected chi connectivity index (χ3v) is 5.24. The predicted octanol–water partition coefficient (Wildman–Crippen LogP) is 6.59. The summed E-state index contributed by atoms with van der Waals surface area (Å²) >= 11 is 13.4. The maximum Gasteiger partial charge on any atom is 0.446 e. The number of aromatic nitrogens is 1. The number of hydrogen-bond acceptors (Lipinski definition) is 5. The Bertz CT molecular complexity index is 898.